The Balaban J connectivity index is 0.690. The second-order valence-corrected chi connectivity index (χ2v) is 30.1. The highest BCUT2D eigenvalue weighted by atomic mass is 15.1. The van der Waals surface area contributed by atoms with Crippen LogP contribution < -0.4 is 9.80 Å². The second-order valence-electron chi connectivity index (χ2n) is 30.1. The van der Waals surface area contributed by atoms with Crippen molar-refractivity contribution in [3.8, 4) is 66.8 Å². The molecule has 1 atom stereocenters. The van der Waals surface area contributed by atoms with Crippen molar-refractivity contribution < 1.29 is 0 Å². The maximum absolute atomic E-state index is 2.51. The maximum atomic E-state index is 2.51. The molecule has 0 radical (unpaired) electrons. The highest BCUT2D eigenvalue weighted by Gasteiger charge is 2.46. The van der Waals surface area contributed by atoms with E-state index in [-0.39, 0.29) is 32.5 Å². The molecular weight excluding hydrogens is 1110 g/mol. The normalized spacial score (nSPS) is 17.7. The summed E-state index contributed by atoms with van der Waals surface area (Å²) < 4.78 is 0. The quantitative estimate of drug-likeness (QED) is 0.142. The van der Waals surface area contributed by atoms with Gasteiger partial charge in [-0.3, -0.25) is 0 Å². The van der Waals surface area contributed by atoms with Crippen LogP contribution in [0.15, 0.2) is 261 Å². The zero-order chi connectivity index (χ0) is 63.0. The molecule has 0 N–H and O–H groups in total. The van der Waals surface area contributed by atoms with E-state index >= 15 is 0 Å². The van der Waals surface area contributed by atoms with Crippen LogP contribution in [0.1, 0.15) is 144 Å². The highest BCUT2D eigenvalue weighted by Crippen LogP contribution is 2.58. The molecule has 5 aliphatic carbocycles. The summed E-state index contributed by atoms with van der Waals surface area (Å²) in [6.07, 6.45) is 1.03. The molecule has 12 aromatic carbocycles. The third-order valence-corrected chi connectivity index (χ3v) is 22.9. The molecule has 0 aromatic heterocycles. The summed E-state index contributed by atoms with van der Waals surface area (Å²) in [5.41, 5.74) is 37.1. The fourth-order valence-electron chi connectivity index (χ4n) is 18.0. The summed E-state index contributed by atoms with van der Waals surface area (Å²) in [6, 6.07) is 99.9. The van der Waals surface area contributed by atoms with Gasteiger partial charge in [0.2, 0.25) is 0 Å². The van der Waals surface area contributed by atoms with Gasteiger partial charge in [-0.1, -0.05) is 258 Å². The molecule has 92 heavy (non-hydrogen) atoms. The van der Waals surface area contributed by atoms with E-state index < -0.39 is 0 Å². The largest absolute Gasteiger partial charge is 0.310 e. The molecule has 2 nitrogen and oxygen atoms in total. The second kappa shape index (κ2) is 19.6. The van der Waals surface area contributed by atoms with E-state index in [9.17, 15) is 0 Å². The van der Waals surface area contributed by atoms with Crippen molar-refractivity contribution in [2.24, 2.45) is 0 Å². The van der Waals surface area contributed by atoms with Crippen molar-refractivity contribution in [2.75, 3.05) is 9.80 Å². The highest BCUT2D eigenvalue weighted by molar-refractivity contribution is 5.91. The SMILES string of the molecule is CC1(C)CC(C)(c2ccc(-c3ccc(N(c4ccc5c(c4)C(C)(C)c4ccccc4-5)c4ccc5c(c4)C(C)(C)c4ccccc4-5)cc3)cc2)c2cc(-c3ccc(N(c4ccc5c(c4)C(C)(C)c4ccccc4-5)c4ccc5c(c4)C(C)(C)c4ccccc4-5)cc3)ccc21. The van der Waals surface area contributed by atoms with Gasteiger partial charge in [-0.15, -0.1) is 0 Å². The third kappa shape index (κ3) is 8.11. The Bertz CT molecular complexity index is 4830. The van der Waals surface area contributed by atoms with E-state index in [0.717, 1.165) is 17.8 Å². The summed E-state index contributed by atoms with van der Waals surface area (Å²) in [4.78, 5) is 4.97. The lowest BCUT2D eigenvalue weighted by Crippen LogP contribution is -2.23. The number of benzene rings is 12. The minimum absolute atomic E-state index is 0.00205. The van der Waals surface area contributed by atoms with Gasteiger partial charge in [0.05, 0.1) is 0 Å². The van der Waals surface area contributed by atoms with Crippen molar-refractivity contribution in [3.63, 3.8) is 0 Å². The van der Waals surface area contributed by atoms with Gasteiger partial charge in [0.15, 0.2) is 0 Å². The first-order valence-corrected chi connectivity index (χ1v) is 33.3. The van der Waals surface area contributed by atoms with Gasteiger partial charge in [0, 0.05) is 61.2 Å². The lowest BCUT2D eigenvalue weighted by molar-refractivity contribution is 0.425. The Kier molecular flexibility index (Phi) is 12.0. The molecule has 17 rings (SSSR count). The monoisotopic (exact) mass is 1190 g/mol. The van der Waals surface area contributed by atoms with Crippen molar-refractivity contribution in [3.05, 3.63) is 322 Å². The molecule has 0 aliphatic heterocycles. The standard InChI is InChI=1S/C90H78N2/c1-85(2)55-90(11,60-35-28-56(29-36-60)57-30-37-61(38-31-57)91(63-41-45-71-67-20-12-16-24-75(67)86(3,4)80(71)51-63)64-42-46-72-68-21-13-17-25-76(68)87(5,6)81(72)52-64)84-50-59(34-49-79(84)85)58-32-39-62(40-33-58)92(65-43-47-73-69-22-14-18-26-77(69)88(7,8)82(73)53-65)66-44-48-74-70-23-15-19-27-78(70)89(9,10)83(74)54-66/h12-54H,55H2,1-11H3. The molecule has 0 spiro atoms. The van der Waals surface area contributed by atoms with Crippen LogP contribution in [0, 0.1) is 0 Å². The van der Waals surface area contributed by atoms with Crippen LogP contribution in [-0.4, -0.2) is 0 Å². The first kappa shape index (κ1) is 56.2. The Morgan fingerprint density at radius 1 is 0.217 bits per heavy atom. The van der Waals surface area contributed by atoms with E-state index in [0.29, 0.717) is 0 Å². The summed E-state index contributed by atoms with van der Waals surface area (Å²) >= 11 is 0. The number of nitrogens with zero attached hydrogens (tertiary/aromatic N) is 2. The summed E-state index contributed by atoms with van der Waals surface area (Å²) in [5.74, 6) is 0. The maximum Gasteiger partial charge on any atom is 0.0465 e. The van der Waals surface area contributed by atoms with Crippen LogP contribution in [0.2, 0.25) is 0 Å². The van der Waals surface area contributed by atoms with Gasteiger partial charge < -0.3 is 9.80 Å². The van der Waals surface area contributed by atoms with Crippen LogP contribution in [0.3, 0.4) is 0 Å². The van der Waals surface area contributed by atoms with Gasteiger partial charge >= 0.3 is 0 Å². The molecule has 2 heteroatoms. The summed E-state index contributed by atoms with van der Waals surface area (Å²) in [5, 5.41) is 0. The third-order valence-electron chi connectivity index (χ3n) is 22.9. The fraction of sp³-hybridized carbons (Fsp3) is 0.200. The van der Waals surface area contributed by atoms with E-state index in [1.165, 1.54) is 151 Å². The Morgan fingerprint density at radius 3 is 0.826 bits per heavy atom. The molecular formula is C90H78N2. The molecule has 1 unspecified atom stereocenters. The van der Waals surface area contributed by atoms with Crippen LogP contribution in [0.5, 0.6) is 0 Å². The Hall–Kier alpha value is -9.76. The minimum atomic E-state index is -0.186. The van der Waals surface area contributed by atoms with E-state index in [1.807, 2.05) is 0 Å². The van der Waals surface area contributed by atoms with Crippen molar-refractivity contribution in [1.82, 2.24) is 0 Å². The summed E-state index contributed by atoms with van der Waals surface area (Å²) in [6.45, 7) is 26.4. The van der Waals surface area contributed by atoms with Crippen molar-refractivity contribution in [2.45, 2.75) is 115 Å². The molecule has 0 saturated carbocycles. The van der Waals surface area contributed by atoms with E-state index in [4.69, 9.17) is 0 Å². The van der Waals surface area contributed by atoms with E-state index in [1.54, 1.807) is 0 Å². The van der Waals surface area contributed by atoms with Gasteiger partial charge in [-0.25, -0.2) is 0 Å². The van der Waals surface area contributed by atoms with Crippen LogP contribution in [0.4, 0.5) is 34.1 Å². The molecule has 5 aliphatic rings. The zero-order valence-electron chi connectivity index (χ0n) is 54.9. The van der Waals surface area contributed by atoms with E-state index in [2.05, 4.69) is 347 Å². The lowest BCUT2D eigenvalue weighted by atomic mass is 9.74. The van der Waals surface area contributed by atoms with Crippen molar-refractivity contribution in [1.29, 1.82) is 0 Å². The fourth-order valence-corrected chi connectivity index (χ4v) is 18.0. The first-order valence-electron chi connectivity index (χ1n) is 33.3. The number of hydrogen-bond acceptors (Lipinski definition) is 2. The number of fused-ring (bicyclic) bond motifs is 13. The molecule has 448 valence electrons. The first-order chi connectivity index (χ1) is 44.2. The Labute approximate surface area is 544 Å². The van der Waals surface area contributed by atoms with Crippen LogP contribution >= 0.6 is 0 Å². The Morgan fingerprint density at radius 2 is 0.489 bits per heavy atom. The van der Waals surface area contributed by atoms with Crippen molar-refractivity contribution >= 4 is 34.1 Å². The minimum Gasteiger partial charge on any atom is -0.310 e. The number of anilines is 6. The summed E-state index contributed by atoms with van der Waals surface area (Å²) in [7, 11) is 0. The average molecular weight is 1190 g/mol. The molecule has 0 bridgehead atoms. The average Bonchev–Trinajstić information content (AvgIpc) is 1.60. The molecule has 0 saturated heterocycles. The molecule has 0 amide bonds. The number of hydrogen-bond donors (Lipinski definition) is 0. The molecule has 12 aromatic rings. The van der Waals surface area contributed by atoms with Gasteiger partial charge in [0.1, 0.15) is 0 Å². The van der Waals surface area contributed by atoms with Crippen LogP contribution in [-0.2, 0) is 32.5 Å². The molecule has 0 heterocycles. The number of rotatable bonds is 9. The topological polar surface area (TPSA) is 6.48 Å². The smallest absolute Gasteiger partial charge is 0.0465 e. The molecule has 0 fully saturated rings. The lowest BCUT2D eigenvalue weighted by Gasteiger charge is -2.30. The van der Waals surface area contributed by atoms with Gasteiger partial charge in [-0.05, 0) is 219 Å². The zero-order valence-corrected chi connectivity index (χ0v) is 54.9. The van der Waals surface area contributed by atoms with Crippen LogP contribution in [0.25, 0.3) is 66.8 Å². The van der Waals surface area contributed by atoms with Gasteiger partial charge in [0.25, 0.3) is 0 Å². The predicted octanol–water partition coefficient (Wildman–Crippen LogP) is 24.2. The predicted molar refractivity (Wildman–Crippen MR) is 387 cm³/mol. The van der Waals surface area contributed by atoms with Gasteiger partial charge in [-0.2, -0.15) is 0 Å².